The highest BCUT2D eigenvalue weighted by molar-refractivity contribution is 6.30. The maximum Gasteiger partial charge on any atom is 0.334 e. The van der Waals surface area contributed by atoms with Crippen LogP contribution in [-0.2, 0) is 29.1 Å². The first-order valence-electron chi connectivity index (χ1n) is 12.9. The second-order valence-corrected chi connectivity index (χ2v) is 10.2. The summed E-state index contributed by atoms with van der Waals surface area (Å²) >= 11 is 6.18. The molecule has 9 nitrogen and oxygen atoms in total. The van der Waals surface area contributed by atoms with Crippen LogP contribution in [0.15, 0.2) is 78.9 Å². The van der Waals surface area contributed by atoms with Gasteiger partial charge < -0.3 is 20.2 Å². The zero-order valence-electron chi connectivity index (χ0n) is 21.6. The molecule has 2 saturated heterocycles. The summed E-state index contributed by atoms with van der Waals surface area (Å²) < 4.78 is 14.2. The third-order valence-electron chi connectivity index (χ3n) is 7.09. The number of carbonyl (C=O) groups is 3. The number of hydrogen-bond acceptors (Lipinski definition) is 5. The molecule has 2 atom stereocenters. The van der Waals surface area contributed by atoms with Gasteiger partial charge in [-0.3, -0.25) is 9.59 Å². The quantitative estimate of drug-likeness (QED) is 0.427. The van der Waals surface area contributed by atoms with Gasteiger partial charge in [-0.15, -0.1) is 0 Å². The number of aromatic hydroxyl groups is 1. The minimum Gasteiger partial charge on any atom is -0.508 e. The monoisotopic (exact) mass is 565 g/mol. The second kappa shape index (κ2) is 11.9. The standard InChI is InChI=1S/C29H29ClFN5O4/c30-23-8-4-7-22(13-23)16-33-17-26-35(25(28(33)39)14-20-9-11-24(37)12-10-20)27(38)18-34(19-31)36(26)29(40)32-15-21-5-2-1-3-6-21/h1-13,25-26,37H,14-19H2,(H,32,40)/t25-,26-/m0/s1. The number of fused-ring (bicyclic) bond motifs is 1. The van der Waals surface area contributed by atoms with Crippen molar-refractivity contribution in [3.63, 3.8) is 0 Å². The Balaban J connectivity index is 1.48. The van der Waals surface area contributed by atoms with Crippen molar-refractivity contribution < 1.29 is 23.9 Å². The number of amides is 4. The SMILES string of the molecule is O=C1[C@H](Cc2ccc(O)cc2)N2C(=O)CN(CF)N(C(=O)NCc3ccccc3)[C@H]2CN1Cc1cccc(Cl)c1. The van der Waals surface area contributed by atoms with E-state index in [-0.39, 0.29) is 44.3 Å². The lowest BCUT2D eigenvalue weighted by atomic mass is 9.98. The first-order chi connectivity index (χ1) is 19.3. The van der Waals surface area contributed by atoms with Gasteiger partial charge in [-0.2, -0.15) is 5.01 Å². The number of piperazine rings is 1. The van der Waals surface area contributed by atoms with Crippen molar-refractivity contribution in [3.8, 4) is 5.75 Å². The van der Waals surface area contributed by atoms with Crippen molar-refractivity contribution in [2.45, 2.75) is 31.7 Å². The number of nitrogens with one attached hydrogen (secondary N) is 1. The van der Waals surface area contributed by atoms with Crippen LogP contribution in [0.1, 0.15) is 16.7 Å². The van der Waals surface area contributed by atoms with Crippen molar-refractivity contribution in [2.75, 3.05) is 19.9 Å². The molecule has 5 rings (SSSR count). The van der Waals surface area contributed by atoms with Crippen LogP contribution in [-0.4, -0.2) is 74.9 Å². The van der Waals surface area contributed by atoms with Gasteiger partial charge in [-0.1, -0.05) is 66.2 Å². The third-order valence-corrected chi connectivity index (χ3v) is 7.33. The number of alkyl halides is 1. The van der Waals surface area contributed by atoms with Crippen LogP contribution in [0.3, 0.4) is 0 Å². The van der Waals surface area contributed by atoms with Crippen LogP contribution in [0.2, 0.25) is 5.02 Å². The number of carbonyl (C=O) groups excluding carboxylic acids is 3. The number of urea groups is 1. The molecule has 208 valence electrons. The van der Waals surface area contributed by atoms with E-state index in [9.17, 15) is 23.9 Å². The van der Waals surface area contributed by atoms with E-state index in [1.54, 1.807) is 35.2 Å². The van der Waals surface area contributed by atoms with Gasteiger partial charge in [0.25, 0.3) is 0 Å². The molecule has 2 fully saturated rings. The van der Waals surface area contributed by atoms with Crippen LogP contribution < -0.4 is 5.32 Å². The summed E-state index contributed by atoms with van der Waals surface area (Å²) in [5.74, 6) is -0.668. The molecule has 11 heteroatoms. The summed E-state index contributed by atoms with van der Waals surface area (Å²) in [6.45, 7) is -1.06. The van der Waals surface area contributed by atoms with Gasteiger partial charge in [0.1, 0.15) is 24.5 Å². The number of nitrogens with zero attached hydrogens (tertiary/aromatic N) is 4. The average molecular weight is 566 g/mol. The second-order valence-electron chi connectivity index (χ2n) is 9.79. The fourth-order valence-corrected chi connectivity index (χ4v) is 5.42. The van der Waals surface area contributed by atoms with Crippen molar-refractivity contribution in [1.29, 1.82) is 0 Å². The molecule has 0 bridgehead atoms. The fourth-order valence-electron chi connectivity index (χ4n) is 5.21. The Bertz CT molecular complexity index is 1380. The van der Waals surface area contributed by atoms with E-state index in [0.29, 0.717) is 5.02 Å². The topological polar surface area (TPSA) is 96.4 Å². The van der Waals surface area contributed by atoms with Crippen molar-refractivity contribution in [1.82, 2.24) is 25.1 Å². The smallest absolute Gasteiger partial charge is 0.334 e. The van der Waals surface area contributed by atoms with E-state index in [1.807, 2.05) is 36.4 Å². The van der Waals surface area contributed by atoms with Crippen molar-refractivity contribution in [3.05, 3.63) is 101 Å². The average Bonchev–Trinajstić information content (AvgIpc) is 2.95. The van der Waals surface area contributed by atoms with E-state index >= 15 is 0 Å². The molecule has 40 heavy (non-hydrogen) atoms. The predicted molar refractivity (Wildman–Crippen MR) is 146 cm³/mol. The third kappa shape index (κ3) is 5.88. The van der Waals surface area contributed by atoms with Gasteiger partial charge in [-0.25, -0.2) is 14.2 Å². The summed E-state index contributed by atoms with van der Waals surface area (Å²) in [4.78, 5) is 43.7. The number of benzene rings is 3. The Morgan fingerprint density at radius 1 is 0.975 bits per heavy atom. The van der Waals surface area contributed by atoms with Crippen LogP contribution in [0.25, 0.3) is 0 Å². The first kappa shape index (κ1) is 27.4. The van der Waals surface area contributed by atoms with Gasteiger partial charge in [0.2, 0.25) is 11.8 Å². The number of hydrazine groups is 1. The number of phenolic OH excluding ortho intramolecular Hbond substituents is 1. The summed E-state index contributed by atoms with van der Waals surface area (Å²) in [6, 6.07) is 21.3. The predicted octanol–water partition coefficient (Wildman–Crippen LogP) is 3.52. The largest absolute Gasteiger partial charge is 0.508 e. The Morgan fingerprint density at radius 3 is 2.40 bits per heavy atom. The van der Waals surface area contributed by atoms with Gasteiger partial charge in [0.05, 0.1) is 6.54 Å². The minimum atomic E-state index is -1.06. The molecular formula is C29H29ClFN5O4. The molecule has 2 N–H and O–H groups in total. The number of rotatable bonds is 7. The zero-order valence-corrected chi connectivity index (χ0v) is 22.4. The highest BCUT2D eigenvalue weighted by Gasteiger charge is 2.51. The number of halogens is 2. The molecule has 2 aliphatic rings. The van der Waals surface area contributed by atoms with Crippen LogP contribution >= 0.6 is 11.6 Å². The normalized spacial score (nSPS) is 19.5. The number of hydrogen-bond donors (Lipinski definition) is 2. The Morgan fingerprint density at radius 2 is 1.70 bits per heavy atom. The molecule has 0 radical (unpaired) electrons. The fraction of sp³-hybridized carbons (Fsp3) is 0.276. The van der Waals surface area contributed by atoms with Crippen molar-refractivity contribution >= 4 is 29.4 Å². The molecular weight excluding hydrogens is 537 g/mol. The summed E-state index contributed by atoms with van der Waals surface area (Å²) in [6.07, 6.45) is -0.783. The lowest BCUT2D eigenvalue weighted by Crippen LogP contribution is -2.76. The summed E-state index contributed by atoms with van der Waals surface area (Å²) in [5.41, 5.74) is 2.36. The molecule has 3 aromatic carbocycles. The molecule has 0 aromatic heterocycles. The zero-order chi connectivity index (χ0) is 28.2. The van der Waals surface area contributed by atoms with E-state index in [0.717, 1.165) is 21.7 Å². The van der Waals surface area contributed by atoms with Gasteiger partial charge in [-0.05, 0) is 41.0 Å². The lowest BCUT2D eigenvalue weighted by Gasteiger charge is -2.54. The molecule has 0 saturated carbocycles. The molecule has 4 amide bonds. The molecule has 0 spiro atoms. The van der Waals surface area contributed by atoms with E-state index in [4.69, 9.17) is 11.6 Å². The molecule has 3 aromatic rings. The van der Waals surface area contributed by atoms with Crippen LogP contribution in [0.4, 0.5) is 9.18 Å². The Kier molecular flexibility index (Phi) is 8.18. The molecule has 0 aliphatic carbocycles. The van der Waals surface area contributed by atoms with Gasteiger partial charge >= 0.3 is 6.03 Å². The molecule has 2 aliphatic heterocycles. The highest BCUT2D eigenvalue weighted by atomic mass is 35.5. The van der Waals surface area contributed by atoms with Crippen LogP contribution in [0.5, 0.6) is 5.75 Å². The lowest BCUT2D eigenvalue weighted by molar-refractivity contribution is -0.195. The van der Waals surface area contributed by atoms with E-state index in [1.165, 1.54) is 22.0 Å². The van der Waals surface area contributed by atoms with Crippen LogP contribution in [0, 0.1) is 0 Å². The number of phenols is 1. The van der Waals surface area contributed by atoms with Gasteiger partial charge in [0.15, 0.2) is 6.80 Å². The summed E-state index contributed by atoms with van der Waals surface area (Å²) in [7, 11) is 0. The van der Waals surface area contributed by atoms with E-state index in [2.05, 4.69) is 5.32 Å². The minimum absolute atomic E-state index is 0.0155. The maximum atomic E-state index is 14.2. The van der Waals surface area contributed by atoms with Crippen molar-refractivity contribution in [2.24, 2.45) is 0 Å². The first-order valence-corrected chi connectivity index (χ1v) is 13.3. The molecule has 2 heterocycles. The Labute approximate surface area is 236 Å². The van der Waals surface area contributed by atoms with E-state index < -0.39 is 30.9 Å². The highest BCUT2D eigenvalue weighted by Crippen LogP contribution is 2.30. The maximum absolute atomic E-state index is 14.2. The molecule has 0 unspecified atom stereocenters. The summed E-state index contributed by atoms with van der Waals surface area (Å²) in [5, 5.41) is 15.3. The van der Waals surface area contributed by atoms with Gasteiger partial charge in [0, 0.05) is 24.5 Å². The Hall–Kier alpha value is -4.15.